The van der Waals surface area contributed by atoms with Crippen LogP contribution in [-0.2, 0) is 24.6 Å². The number of fused-ring (bicyclic) bond motifs is 1. The SMILES string of the molecule is CC(=O)N1C(=O)C(C(C)=O)(C(C)=O)c2ccccc21. The summed E-state index contributed by atoms with van der Waals surface area (Å²) in [5, 5.41) is 0. The Hall–Kier alpha value is -2.30. The van der Waals surface area contributed by atoms with Crippen molar-refractivity contribution in [3.8, 4) is 0 Å². The second kappa shape index (κ2) is 4.12. The molecule has 1 aliphatic rings. The van der Waals surface area contributed by atoms with Crippen LogP contribution in [0.1, 0.15) is 26.3 Å². The van der Waals surface area contributed by atoms with Gasteiger partial charge in [0, 0.05) is 12.5 Å². The van der Waals surface area contributed by atoms with Crippen LogP contribution in [0.5, 0.6) is 0 Å². The zero-order valence-corrected chi connectivity index (χ0v) is 10.9. The largest absolute Gasteiger partial charge is 0.298 e. The van der Waals surface area contributed by atoms with Gasteiger partial charge in [-0.05, 0) is 19.9 Å². The van der Waals surface area contributed by atoms with E-state index in [-0.39, 0.29) is 5.56 Å². The second-order valence-electron chi connectivity index (χ2n) is 4.54. The number of para-hydroxylation sites is 1. The molecule has 19 heavy (non-hydrogen) atoms. The normalized spacial score (nSPS) is 16.2. The first-order valence-corrected chi connectivity index (χ1v) is 5.81. The summed E-state index contributed by atoms with van der Waals surface area (Å²) < 4.78 is 0. The van der Waals surface area contributed by atoms with Gasteiger partial charge in [-0.25, -0.2) is 4.90 Å². The molecular formula is C14H13NO4. The molecule has 1 aliphatic heterocycles. The monoisotopic (exact) mass is 259 g/mol. The Morgan fingerprint density at radius 1 is 1.00 bits per heavy atom. The summed E-state index contributed by atoms with van der Waals surface area (Å²) in [6.45, 7) is 3.62. The number of rotatable bonds is 2. The number of Topliss-reactive ketones (excluding diaryl/α,β-unsaturated/α-hetero) is 2. The van der Waals surface area contributed by atoms with Crippen molar-refractivity contribution in [3.05, 3.63) is 29.8 Å². The predicted molar refractivity (Wildman–Crippen MR) is 67.6 cm³/mol. The number of benzene rings is 1. The van der Waals surface area contributed by atoms with Crippen molar-refractivity contribution in [1.29, 1.82) is 0 Å². The molecule has 0 fully saturated rings. The maximum absolute atomic E-state index is 12.5. The van der Waals surface area contributed by atoms with Crippen LogP contribution in [0.15, 0.2) is 24.3 Å². The minimum absolute atomic E-state index is 0.287. The van der Waals surface area contributed by atoms with Crippen molar-refractivity contribution in [3.63, 3.8) is 0 Å². The summed E-state index contributed by atoms with van der Waals surface area (Å²) in [6.07, 6.45) is 0. The van der Waals surface area contributed by atoms with Crippen molar-refractivity contribution < 1.29 is 19.2 Å². The summed E-state index contributed by atoms with van der Waals surface area (Å²) in [6, 6.07) is 6.38. The number of carbonyl (C=O) groups is 4. The lowest BCUT2D eigenvalue weighted by Gasteiger charge is -2.22. The highest BCUT2D eigenvalue weighted by Crippen LogP contribution is 2.43. The number of imide groups is 1. The van der Waals surface area contributed by atoms with Gasteiger partial charge in [-0.15, -0.1) is 0 Å². The van der Waals surface area contributed by atoms with E-state index in [2.05, 4.69) is 0 Å². The highest BCUT2D eigenvalue weighted by Gasteiger charge is 2.58. The third kappa shape index (κ3) is 1.47. The Morgan fingerprint density at radius 3 is 2.00 bits per heavy atom. The van der Waals surface area contributed by atoms with Crippen molar-refractivity contribution >= 4 is 29.1 Å². The summed E-state index contributed by atoms with van der Waals surface area (Å²) in [5.41, 5.74) is -1.27. The molecule has 1 heterocycles. The first kappa shape index (κ1) is 13.1. The third-order valence-corrected chi connectivity index (χ3v) is 3.44. The molecule has 98 valence electrons. The lowest BCUT2D eigenvalue weighted by Crippen LogP contribution is -2.51. The van der Waals surface area contributed by atoms with Crippen LogP contribution in [-0.4, -0.2) is 23.4 Å². The third-order valence-electron chi connectivity index (χ3n) is 3.44. The van der Waals surface area contributed by atoms with Gasteiger partial charge in [0.1, 0.15) is 0 Å². The van der Waals surface area contributed by atoms with Crippen molar-refractivity contribution in [1.82, 2.24) is 0 Å². The van der Waals surface area contributed by atoms with E-state index in [1.165, 1.54) is 20.8 Å². The topological polar surface area (TPSA) is 71.5 Å². The Balaban J connectivity index is 2.85. The van der Waals surface area contributed by atoms with Gasteiger partial charge in [-0.3, -0.25) is 19.2 Å². The van der Waals surface area contributed by atoms with Crippen LogP contribution >= 0.6 is 0 Å². The van der Waals surface area contributed by atoms with E-state index >= 15 is 0 Å². The molecule has 5 nitrogen and oxygen atoms in total. The molecule has 0 radical (unpaired) electrons. The van der Waals surface area contributed by atoms with Crippen molar-refractivity contribution in [2.24, 2.45) is 0 Å². The van der Waals surface area contributed by atoms with Crippen LogP contribution in [0.2, 0.25) is 0 Å². The molecule has 1 aromatic carbocycles. The fourth-order valence-corrected chi connectivity index (χ4v) is 2.62. The Bertz CT molecular complexity index is 604. The molecule has 0 aromatic heterocycles. The van der Waals surface area contributed by atoms with Crippen LogP contribution in [0.25, 0.3) is 0 Å². The Labute approximate surface area is 110 Å². The van der Waals surface area contributed by atoms with Crippen LogP contribution < -0.4 is 4.90 Å². The zero-order chi connectivity index (χ0) is 14.4. The number of hydrogen-bond donors (Lipinski definition) is 0. The van der Waals surface area contributed by atoms with E-state index in [9.17, 15) is 19.2 Å². The molecule has 0 bridgehead atoms. The number of anilines is 1. The van der Waals surface area contributed by atoms with Gasteiger partial charge in [-0.1, -0.05) is 18.2 Å². The van der Waals surface area contributed by atoms with Gasteiger partial charge in [0.15, 0.2) is 17.0 Å². The minimum atomic E-state index is -1.87. The van der Waals surface area contributed by atoms with Gasteiger partial charge in [0.05, 0.1) is 5.69 Å². The average Bonchev–Trinajstić information content (AvgIpc) is 2.57. The van der Waals surface area contributed by atoms with E-state index in [0.717, 1.165) is 4.90 Å². The summed E-state index contributed by atoms with van der Waals surface area (Å²) in [4.78, 5) is 49.0. The predicted octanol–water partition coefficient (Wildman–Crippen LogP) is 0.995. The van der Waals surface area contributed by atoms with Gasteiger partial charge in [0.2, 0.25) is 5.91 Å². The fourth-order valence-electron chi connectivity index (χ4n) is 2.62. The Morgan fingerprint density at radius 2 is 1.53 bits per heavy atom. The maximum Gasteiger partial charge on any atom is 0.259 e. The molecule has 0 atom stereocenters. The molecule has 0 saturated heterocycles. The molecule has 0 saturated carbocycles. The van der Waals surface area contributed by atoms with E-state index in [0.29, 0.717) is 5.69 Å². The molecule has 0 N–H and O–H groups in total. The highest BCUT2D eigenvalue weighted by molar-refractivity contribution is 6.39. The number of ketones is 2. The molecule has 1 aromatic rings. The first-order chi connectivity index (χ1) is 8.85. The highest BCUT2D eigenvalue weighted by atomic mass is 16.2. The molecule has 0 unspecified atom stereocenters. The van der Waals surface area contributed by atoms with Gasteiger partial charge in [0.25, 0.3) is 5.91 Å². The second-order valence-corrected chi connectivity index (χ2v) is 4.54. The van der Waals surface area contributed by atoms with Crippen molar-refractivity contribution in [2.75, 3.05) is 4.90 Å². The molecular weight excluding hydrogens is 246 g/mol. The molecule has 2 rings (SSSR count). The zero-order valence-electron chi connectivity index (χ0n) is 10.9. The van der Waals surface area contributed by atoms with Gasteiger partial charge in [-0.2, -0.15) is 0 Å². The maximum atomic E-state index is 12.5. The average molecular weight is 259 g/mol. The minimum Gasteiger partial charge on any atom is -0.298 e. The lowest BCUT2D eigenvalue weighted by molar-refractivity contribution is -0.140. The number of hydrogen-bond acceptors (Lipinski definition) is 4. The van der Waals surface area contributed by atoms with Crippen LogP contribution in [0.3, 0.4) is 0 Å². The molecule has 5 heteroatoms. The molecule has 0 spiro atoms. The van der Waals surface area contributed by atoms with Gasteiger partial charge < -0.3 is 0 Å². The van der Waals surface area contributed by atoms with Crippen LogP contribution in [0.4, 0.5) is 5.69 Å². The number of nitrogens with zero attached hydrogens (tertiary/aromatic N) is 1. The lowest BCUT2D eigenvalue weighted by atomic mass is 9.75. The summed E-state index contributed by atoms with van der Waals surface area (Å²) in [5.74, 6) is -2.43. The molecule has 0 aliphatic carbocycles. The molecule has 2 amide bonds. The summed E-state index contributed by atoms with van der Waals surface area (Å²) >= 11 is 0. The van der Waals surface area contributed by atoms with E-state index in [1.54, 1.807) is 24.3 Å². The van der Waals surface area contributed by atoms with Gasteiger partial charge >= 0.3 is 0 Å². The number of amides is 2. The summed E-state index contributed by atoms with van der Waals surface area (Å²) in [7, 11) is 0. The van der Waals surface area contributed by atoms with E-state index < -0.39 is 28.8 Å². The van der Waals surface area contributed by atoms with Crippen molar-refractivity contribution in [2.45, 2.75) is 26.2 Å². The van der Waals surface area contributed by atoms with E-state index in [4.69, 9.17) is 0 Å². The first-order valence-electron chi connectivity index (χ1n) is 5.81. The van der Waals surface area contributed by atoms with Crippen LogP contribution in [0, 0.1) is 0 Å². The smallest absolute Gasteiger partial charge is 0.259 e. The van der Waals surface area contributed by atoms with E-state index in [1.807, 2.05) is 0 Å². The Kier molecular flexibility index (Phi) is 2.85. The quantitative estimate of drug-likeness (QED) is 0.743. The number of carbonyl (C=O) groups excluding carboxylic acids is 4. The standard InChI is InChI=1S/C14H13NO4/c1-8(16)14(9(2)17)11-6-4-5-7-12(11)15(10(3)18)13(14)19/h4-7H,1-3H3. The fraction of sp³-hybridized carbons (Fsp3) is 0.286.